The Morgan fingerprint density at radius 3 is 2.62 bits per heavy atom. The van der Waals surface area contributed by atoms with E-state index in [1.165, 1.54) is 11.8 Å². The first-order chi connectivity index (χ1) is 12.7. The average molecular weight is 370 g/mol. The molecule has 0 radical (unpaired) electrons. The summed E-state index contributed by atoms with van der Waals surface area (Å²) in [5, 5.41) is 5.73. The SMILES string of the molecule is O=C(CSc1ccccc1)Nc1ccccc1C(=O)NCC1CCCO1. The zero-order valence-corrected chi connectivity index (χ0v) is 15.3. The summed E-state index contributed by atoms with van der Waals surface area (Å²) in [5.74, 6) is -0.0547. The maximum Gasteiger partial charge on any atom is 0.253 e. The third kappa shape index (κ3) is 5.34. The molecule has 3 rings (SSSR count). The second kappa shape index (κ2) is 9.40. The van der Waals surface area contributed by atoms with Gasteiger partial charge in [-0.1, -0.05) is 30.3 Å². The van der Waals surface area contributed by atoms with E-state index in [9.17, 15) is 9.59 Å². The molecular formula is C20H22N2O3S. The predicted molar refractivity (Wildman–Crippen MR) is 104 cm³/mol. The fourth-order valence-electron chi connectivity index (χ4n) is 2.75. The van der Waals surface area contributed by atoms with Crippen molar-refractivity contribution in [2.75, 3.05) is 24.2 Å². The zero-order chi connectivity index (χ0) is 18.2. The molecule has 1 atom stereocenters. The Bertz CT molecular complexity index is 746. The molecule has 6 heteroatoms. The Labute approximate surface area is 157 Å². The van der Waals surface area contributed by atoms with Crippen molar-refractivity contribution >= 4 is 29.3 Å². The highest BCUT2D eigenvalue weighted by molar-refractivity contribution is 8.00. The van der Waals surface area contributed by atoms with Gasteiger partial charge in [-0.05, 0) is 37.1 Å². The van der Waals surface area contributed by atoms with Crippen LogP contribution in [0.2, 0.25) is 0 Å². The molecule has 2 aromatic rings. The van der Waals surface area contributed by atoms with Crippen molar-refractivity contribution in [1.29, 1.82) is 0 Å². The van der Waals surface area contributed by atoms with Crippen LogP contribution in [0.3, 0.4) is 0 Å². The molecule has 5 nitrogen and oxygen atoms in total. The van der Waals surface area contributed by atoms with Gasteiger partial charge in [-0.2, -0.15) is 0 Å². The minimum absolute atomic E-state index is 0.0861. The molecule has 2 aromatic carbocycles. The first-order valence-corrected chi connectivity index (χ1v) is 9.67. The number of para-hydroxylation sites is 1. The Morgan fingerprint density at radius 1 is 1.08 bits per heavy atom. The van der Waals surface area contributed by atoms with E-state index in [1.54, 1.807) is 24.3 Å². The minimum atomic E-state index is -0.202. The third-order valence-electron chi connectivity index (χ3n) is 4.07. The van der Waals surface area contributed by atoms with Crippen LogP contribution >= 0.6 is 11.8 Å². The molecule has 1 saturated heterocycles. The smallest absolute Gasteiger partial charge is 0.253 e. The van der Waals surface area contributed by atoms with Gasteiger partial charge >= 0.3 is 0 Å². The van der Waals surface area contributed by atoms with Gasteiger partial charge in [-0.25, -0.2) is 0 Å². The third-order valence-corrected chi connectivity index (χ3v) is 5.09. The van der Waals surface area contributed by atoms with Crippen molar-refractivity contribution in [1.82, 2.24) is 5.32 Å². The average Bonchev–Trinajstić information content (AvgIpc) is 3.19. The number of nitrogens with one attached hydrogen (secondary N) is 2. The fraction of sp³-hybridized carbons (Fsp3) is 0.300. The summed E-state index contributed by atoms with van der Waals surface area (Å²) >= 11 is 1.46. The maximum atomic E-state index is 12.5. The number of thioether (sulfide) groups is 1. The first kappa shape index (κ1) is 18.5. The van der Waals surface area contributed by atoms with Crippen LogP contribution < -0.4 is 10.6 Å². The molecule has 136 valence electrons. The Kier molecular flexibility index (Phi) is 6.68. The summed E-state index contributed by atoms with van der Waals surface area (Å²) in [6, 6.07) is 16.8. The van der Waals surface area contributed by atoms with Gasteiger partial charge in [-0.15, -0.1) is 11.8 Å². The quantitative estimate of drug-likeness (QED) is 0.734. The Morgan fingerprint density at radius 2 is 1.85 bits per heavy atom. The second-order valence-corrected chi connectivity index (χ2v) is 7.09. The number of carbonyl (C=O) groups excluding carboxylic acids is 2. The van der Waals surface area contributed by atoms with Crippen molar-refractivity contribution in [3.05, 3.63) is 60.2 Å². The van der Waals surface area contributed by atoms with Crippen LogP contribution in [0.4, 0.5) is 5.69 Å². The Hall–Kier alpha value is -2.31. The lowest BCUT2D eigenvalue weighted by Crippen LogP contribution is -2.32. The van der Waals surface area contributed by atoms with Crippen LogP contribution in [0, 0.1) is 0 Å². The molecule has 0 spiro atoms. The van der Waals surface area contributed by atoms with Gasteiger partial charge in [0, 0.05) is 18.0 Å². The highest BCUT2D eigenvalue weighted by Gasteiger charge is 2.18. The molecular weight excluding hydrogens is 348 g/mol. The molecule has 1 heterocycles. The summed E-state index contributed by atoms with van der Waals surface area (Å²) in [6.07, 6.45) is 2.09. The lowest BCUT2D eigenvalue weighted by Gasteiger charge is -2.13. The van der Waals surface area contributed by atoms with E-state index in [1.807, 2.05) is 30.3 Å². The molecule has 2 amide bonds. The van der Waals surface area contributed by atoms with Crippen molar-refractivity contribution in [2.24, 2.45) is 0 Å². The second-order valence-electron chi connectivity index (χ2n) is 6.04. The number of anilines is 1. The number of hydrogen-bond acceptors (Lipinski definition) is 4. The van der Waals surface area contributed by atoms with E-state index >= 15 is 0 Å². The van der Waals surface area contributed by atoms with Gasteiger partial charge in [0.25, 0.3) is 5.91 Å². The van der Waals surface area contributed by atoms with Crippen LogP contribution in [0.5, 0.6) is 0 Å². The summed E-state index contributed by atoms with van der Waals surface area (Å²) < 4.78 is 5.52. The Balaban J connectivity index is 1.55. The highest BCUT2D eigenvalue weighted by Crippen LogP contribution is 2.19. The highest BCUT2D eigenvalue weighted by atomic mass is 32.2. The fourth-order valence-corrected chi connectivity index (χ4v) is 3.47. The molecule has 0 aromatic heterocycles. The molecule has 0 saturated carbocycles. The number of benzene rings is 2. The number of amides is 2. The van der Waals surface area contributed by atoms with Gasteiger partial charge in [0.2, 0.25) is 5.91 Å². The zero-order valence-electron chi connectivity index (χ0n) is 14.4. The summed E-state index contributed by atoms with van der Waals surface area (Å²) in [5.41, 5.74) is 0.986. The van der Waals surface area contributed by atoms with E-state index in [-0.39, 0.29) is 23.7 Å². The molecule has 1 unspecified atom stereocenters. The number of carbonyl (C=O) groups is 2. The van der Waals surface area contributed by atoms with Gasteiger partial charge in [-0.3, -0.25) is 9.59 Å². The van der Waals surface area contributed by atoms with Crippen LogP contribution in [-0.4, -0.2) is 36.8 Å². The van der Waals surface area contributed by atoms with E-state index < -0.39 is 0 Å². The molecule has 26 heavy (non-hydrogen) atoms. The lowest BCUT2D eigenvalue weighted by molar-refractivity contribution is -0.113. The molecule has 1 aliphatic heterocycles. The summed E-state index contributed by atoms with van der Waals surface area (Å²) in [6.45, 7) is 1.25. The van der Waals surface area contributed by atoms with Crippen LogP contribution in [0.15, 0.2) is 59.5 Å². The van der Waals surface area contributed by atoms with Gasteiger partial charge < -0.3 is 15.4 Å². The standard InChI is InChI=1S/C20H22N2O3S/c23-19(14-26-16-8-2-1-3-9-16)22-18-11-5-4-10-17(18)20(24)21-13-15-7-6-12-25-15/h1-5,8-11,15H,6-7,12-14H2,(H,21,24)(H,22,23). The minimum Gasteiger partial charge on any atom is -0.376 e. The van der Waals surface area contributed by atoms with E-state index in [2.05, 4.69) is 10.6 Å². The van der Waals surface area contributed by atoms with E-state index in [0.717, 1.165) is 24.3 Å². The summed E-state index contributed by atoms with van der Waals surface area (Å²) in [7, 11) is 0. The number of hydrogen-bond donors (Lipinski definition) is 2. The number of rotatable bonds is 7. The molecule has 1 fully saturated rings. The molecule has 0 bridgehead atoms. The lowest BCUT2D eigenvalue weighted by atomic mass is 10.1. The number of ether oxygens (including phenoxy) is 1. The normalized spacial score (nSPS) is 16.2. The van der Waals surface area contributed by atoms with Gasteiger partial charge in [0.15, 0.2) is 0 Å². The van der Waals surface area contributed by atoms with Crippen molar-refractivity contribution < 1.29 is 14.3 Å². The topological polar surface area (TPSA) is 67.4 Å². The molecule has 1 aliphatic rings. The van der Waals surface area contributed by atoms with Crippen LogP contribution in [-0.2, 0) is 9.53 Å². The first-order valence-electron chi connectivity index (χ1n) is 8.69. The van der Waals surface area contributed by atoms with Crippen LogP contribution in [0.25, 0.3) is 0 Å². The largest absolute Gasteiger partial charge is 0.376 e. The monoisotopic (exact) mass is 370 g/mol. The van der Waals surface area contributed by atoms with E-state index in [0.29, 0.717) is 17.8 Å². The summed E-state index contributed by atoms with van der Waals surface area (Å²) in [4.78, 5) is 25.7. The van der Waals surface area contributed by atoms with Crippen LogP contribution in [0.1, 0.15) is 23.2 Å². The van der Waals surface area contributed by atoms with Crippen molar-refractivity contribution in [3.8, 4) is 0 Å². The van der Waals surface area contributed by atoms with Gasteiger partial charge in [0.05, 0.1) is 23.1 Å². The van der Waals surface area contributed by atoms with Crippen molar-refractivity contribution in [2.45, 2.75) is 23.8 Å². The van der Waals surface area contributed by atoms with Gasteiger partial charge in [0.1, 0.15) is 0 Å². The van der Waals surface area contributed by atoms with Crippen molar-refractivity contribution in [3.63, 3.8) is 0 Å². The predicted octanol–water partition coefficient (Wildman–Crippen LogP) is 3.33. The maximum absolute atomic E-state index is 12.5. The van der Waals surface area contributed by atoms with E-state index in [4.69, 9.17) is 4.74 Å². The molecule has 2 N–H and O–H groups in total. The molecule has 0 aliphatic carbocycles.